The van der Waals surface area contributed by atoms with Gasteiger partial charge in [0.05, 0.1) is 18.7 Å². The fraction of sp³-hybridized carbons (Fsp3) is 0.667. The molecule has 17 heavy (non-hydrogen) atoms. The van der Waals surface area contributed by atoms with Gasteiger partial charge in [-0.3, -0.25) is 0 Å². The second-order valence-electron chi connectivity index (χ2n) is 5.16. The van der Waals surface area contributed by atoms with Gasteiger partial charge in [0.2, 0.25) is 0 Å². The zero-order valence-corrected chi connectivity index (χ0v) is 13.7. The summed E-state index contributed by atoms with van der Waals surface area (Å²) in [4.78, 5) is 0. The number of hydrogen-bond donors (Lipinski definition) is 0. The van der Waals surface area contributed by atoms with E-state index < -0.39 is 7.45 Å². The van der Waals surface area contributed by atoms with Crippen molar-refractivity contribution in [2.24, 2.45) is 0 Å². The Morgan fingerprint density at radius 3 is 2.18 bits per heavy atom. The average molecular weight is 290 g/mol. The van der Waals surface area contributed by atoms with Crippen molar-refractivity contribution < 1.29 is 9.31 Å². The summed E-state index contributed by atoms with van der Waals surface area (Å²) in [7, 11) is 4.74. The Bertz CT molecular complexity index is 406. The van der Waals surface area contributed by atoms with E-state index in [0.29, 0.717) is 0 Å². The van der Waals surface area contributed by atoms with Crippen LogP contribution in [0.25, 0.3) is 0 Å². The van der Waals surface area contributed by atoms with E-state index in [1.54, 1.807) is 0 Å². The van der Waals surface area contributed by atoms with Crippen molar-refractivity contribution in [1.82, 2.24) is 9.55 Å². The molecule has 0 amide bonds. The van der Waals surface area contributed by atoms with E-state index in [1.807, 2.05) is 16.8 Å². The second-order valence-corrected chi connectivity index (χ2v) is 11.3. The monoisotopic (exact) mass is 290 g/mol. The van der Waals surface area contributed by atoms with Crippen molar-refractivity contribution in [1.29, 1.82) is 0 Å². The Kier molecular flexibility index (Phi) is 3.72. The SMILES string of the molecule is CC1(C)OB(c2cnn(P(P)P)c2)OC1(C)C. The van der Waals surface area contributed by atoms with E-state index in [2.05, 4.69) is 50.7 Å². The molecule has 1 fully saturated rings. The molecule has 1 aromatic heterocycles. The van der Waals surface area contributed by atoms with Crippen molar-refractivity contribution in [2.45, 2.75) is 38.9 Å². The van der Waals surface area contributed by atoms with Crippen LogP contribution in [0.4, 0.5) is 0 Å². The van der Waals surface area contributed by atoms with Crippen LogP contribution in [0.15, 0.2) is 12.4 Å². The second kappa shape index (κ2) is 4.55. The molecule has 1 aliphatic rings. The zero-order valence-electron chi connectivity index (χ0n) is 10.5. The van der Waals surface area contributed by atoms with Gasteiger partial charge in [-0.1, -0.05) is 17.9 Å². The Hall–Kier alpha value is 0.485. The lowest BCUT2D eigenvalue weighted by atomic mass is 9.82. The topological polar surface area (TPSA) is 36.3 Å². The Morgan fingerprint density at radius 1 is 1.24 bits per heavy atom. The molecule has 2 rings (SSSR count). The molecular formula is C9H18BN2O2P3. The molecule has 8 heteroatoms. The highest BCUT2D eigenvalue weighted by atomic mass is 32.4. The van der Waals surface area contributed by atoms with Gasteiger partial charge in [0.15, 0.2) is 0 Å². The molecule has 2 atom stereocenters. The highest BCUT2D eigenvalue weighted by molar-refractivity contribution is 8.42. The number of aromatic nitrogens is 2. The molecular weight excluding hydrogens is 272 g/mol. The number of hydrogen-bond acceptors (Lipinski definition) is 3. The van der Waals surface area contributed by atoms with Gasteiger partial charge in [0, 0.05) is 17.9 Å². The van der Waals surface area contributed by atoms with Crippen molar-refractivity contribution >= 4 is 37.9 Å². The summed E-state index contributed by atoms with van der Waals surface area (Å²) in [5.74, 6) is 0. The standard InChI is InChI=1S/C9H18BN2O2P3/c1-8(2)9(3,4)14-10(13-8)7-5-11-12(6-7)17(15)16/h5-6H,15-16H2,1-4H3. The van der Waals surface area contributed by atoms with E-state index in [0.717, 1.165) is 5.46 Å². The third-order valence-corrected chi connectivity index (χ3v) is 5.46. The first-order valence-electron chi connectivity index (χ1n) is 5.43. The van der Waals surface area contributed by atoms with Crippen molar-refractivity contribution in [3.8, 4) is 0 Å². The van der Waals surface area contributed by atoms with Crippen LogP contribution in [0.3, 0.4) is 0 Å². The van der Waals surface area contributed by atoms with E-state index >= 15 is 0 Å². The lowest BCUT2D eigenvalue weighted by Crippen LogP contribution is -2.41. The third-order valence-electron chi connectivity index (χ3n) is 3.35. The van der Waals surface area contributed by atoms with Gasteiger partial charge >= 0.3 is 7.12 Å². The summed E-state index contributed by atoms with van der Waals surface area (Å²) in [5.41, 5.74) is 0.375. The predicted molar refractivity (Wildman–Crippen MR) is 79.7 cm³/mol. The molecule has 0 spiro atoms. The van der Waals surface area contributed by atoms with Crippen LogP contribution in [0.5, 0.6) is 0 Å². The van der Waals surface area contributed by atoms with Crippen molar-refractivity contribution in [3.63, 3.8) is 0 Å². The van der Waals surface area contributed by atoms with Crippen LogP contribution in [0.2, 0.25) is 0 Å². The molecule has 4 nitrogen and oxygen atoms in total. The van der Waals surface area contributed by atoms with Crippen LogP contribution in [-0.4, -0.2) is 27.9 Å². The van der Waals surface area contributed by atoms with E-state index in [-0.39, 0.29) is 18.3 Å². The van der Waals surface area contributed by atoms with E-state index in [1.165, 1.54) is 0 Å². The molecule has 0 saturated carbocycles. The van der Waals surface area contributed by atoms with E-state index in [4.69, 9.17) is 9.31 Å². The molecule has 2 unspecified atom stereocenters. The van der Waals surface area contributed by atoms with Crippen LogP contribution >= 0.6 is 25.3 Å². The maximum absolute atomic E-state index is 5.96. The molecule has 1 saturated heterocycles. The molecule has 1 aliphatic heterocycles. The minimum absolute atomic E-state index is 0.299. The summed E-state index contributed by atoms with van der Waals surface area (Å²) in [5, 5.41) is 4.30. The third kappa shape index (κ3) is 2.60. The Balaban J connectivity index is 2.20. The van der Waals surface area contributed by atoms with Gasteiger partial charge in [-0.2, -0.15) is 5.10 Å². The first kappa shape index (κ1) is 13.9. The van der Waals surface area contributed by atoms with Gasteiger partial charge in [0.1, 0.15) is 0 Å². The average Bonchev–Trinajstić information content (AvgIpc) is 2.70. The maximum atomic E-state index is 5.96. The van der Waals surface area contributed by atoms with Gasteiger partial charge in [-0.25, -0.2) is 4.45 Å². The summed E-state index contributed by atoms with van der Waals surface area (Å²) >= 11 is 0. The molecule has 0 radical (unpaired) electrons. The fourth-order valence-corrected chi connectivity index (χ4v) is 2.75. The lowest BCUT2D eigenvalue weighted by Gasteiger charge is -2.32. The quantitative estimate of drug-likeness (QED) is 0.617. The van der Waals surface area contributed by atoms with Crippen LogP contribution in [0.1, 0.15) is 27.7 Å². The summed E-state index contributed by atoms with van der Waals surface area (Å²) in [6.07, 6.45) is 3.79. The smallest absolute Gasteiger partial charge is 0.399 e. The summed E-state index contributed by atoms with van der Waals surface area (Å²) < 4.78 is 13.8. The van der Waals surface area contributed by atoms with E-state index in [9.17, 15) is 0 Å². The van der Waals surface area contributed by atoms with Gasteiger partial charge in [-0.15, -0.1) is 0 Å². The normalized spacial score (nSPS) is 22.4. The number of nitrogens with zero attached hydrogens (tertiary/aromatic N) is 2. The van der Waals surface area contributed by atoms with Crippen LogP contribution in [0, 0.1) is 0 Å². The highest BCUT2D eigenvalue weighted by Crippen LogP contribution is 2.52. The molecule has 0 N–H and O–H groups in total. The predicted octanol–water partition coefficient (Wildman–Crippen LogP) is 2.01. The Labute approximate surface area is 108 Å². The largest absolute Gasteiger partial charge is 0.498 e. The van der Waals surface area contributed by atoms with Crippen molar-refractivity contribution in [3.05, 3.63) is 12.4 Å². The van der Waals surface area contributed by atoms with Gasteiger partial charge in [-0.05, 0) is 27.7 Å². The minimum Gasteiger partial charge on any atom is -0.399 e. The first-order chi connectivity index (χ1) is 7.73. The summed E-state index contributed by atoms with van der Waals surface area (Å²) in [6, 6.07) is 0. The fourth-order valence-electron chi connectivity index (χ4n) is 1.55. The van der Waals surface area contributed by atoms with Crippen LogP contribution in [-0.2, 0) is 9.31 Å². The molecule has 0 aromatic carbocycles. The maximum Gasteiger partial charge on any atom is 0.498 e. The van der Waals surface area contributed by atoms with Crippen LogP contribution < -0.4 is 5.46 Å². The summed E-state index contributed by atoms with van der Waals surface area (Å²) in [6.45, 7) is 8.20. The first-order valence-corrected chi connectivity index (χ1v) is 9.96. The number of rotatable bonds is 2. The molecule has 2 heterocycles. The zero-order chi connectivity index (χ0) is 12.8. The molecule has 0 bridgehead atoms. The molecule has 0 aliphatic carbocycles. The van der Waals surface area contributed by atoms with Gasteiger partial charge in [0.25, 0.3) is 0 Å². The lowest BCUT2D eigenvalue weighted by molar-refractivity contribution is 0.00578. The molecule has 94 valence electrons. The van der Waals surface area contributed by atoms with Crippen molar-refractivity contribution in [2.75, 3.05) is 0 Å². The van der Waals surface area contributed by atoms with Gasteiger partial charge < -0.3 is 9.31 Å². The highest BCUT2D eigenvalue weighted by Gasteiger charge is 2.52. The Morgan fingerprint density at radius 2 is 1.76 bits per heavy atom. The molecule has 1 aromatic rings. The minimum atomic E-state index is -0.409.